The summed E-state index contributed by atoms with van der Waals surface area (Å²) in [6.07, 6.45) is 7.81. The SMILES string of the molecule is CCCCC[C@H](C#CCN(CCCCCCC(=O)OCC)S(C)(=O)=O)OC(C)=O. The van der Waals surface area contributed by atoms with Gasteiger partial charge in [-0.3, -0.25) is 9.59 Å². The van der Waals surface area contributed by atoms with Crippen molar-refractivity contribution in [1.29, 1.82) is 0 Å². The number of ether oxygens (including phenoxy) is 2. The Morgan fingerprint density at radius 1 is 1.03 bits per heavy atom. The lowest BCUT2D eigenvalue weighted by Crippen LogP contribution is -2.31. The zero-order chi connectivity index (χ0) is 22.1. The Bertz CT molecular complexity index is 635. The number of carbonyl (C=O) groups is 2. The molecular formula is C21H37NO6S. The van der Waals surface area contributed by atoms with Crippen LogP contribution in [0.25, 0.3) is 0 Å². The van der Waals surface area contributed by atoms with Crippen molar-refractivity contribution in [2.45, 2.75) is 84.7 Å². The highest BCUT2D eigenvalue weighted by Gasteiger charge is 2.15. The maximum absolute atomic E-state index is 12.0. The Morgan fingerprint density at radius 2 is 1.72 bits per heavy atom. The van der Waals surface area contributed by atoms with E-state index in [1.807, 2.05) is 0 Å². The van der Waals surface area contributed by atoms with Crippen LogP contribution in [0.5, 0.6) is 0 Å². The molecule has 168 valence electrons. The summed E-state index contributed by atoms with van der Waals surface area (Å²) in [6, 6.07) is 0. The number of esters is 2. The highest BCUT2D eigenvalue weighted by atomic mass is 32.2. The predicted octanol–water partition coefficient (Wildman–Crippen LogP) is 3.28. The number of unbranched alkanes of at least 4 members (excludes halogenated alkanes) is 5. The molecule has 0 aromatic heterocycles. The minimum Gasteiger partial charge on any atom is -0.466 e. The molecule has 29 heavy (non-hydrogen) atoms. The second kappa shape index (κ2) is 16.2. The van der Waals surface area contributed by atoms with Crippen molar-refractivity contribution in [2.75, 3.05) is 26.0 Å². The van der Waals surface area contributed by atoms with Gasteiger partial charge in [-0.2, -0.15) is 4.31 Å². The molecule has 0 N–H and O–H groups in total. The van der Waals surface area contributed by atoms with Crippen molar-refractivity contribution in [3.05, 3.63) is 0 Å². The Labute approximate surface area is 176 Å². The standard InChI is InChI=1S/C21H37NO6S/c1-5-7-10-14-20(28-19(3)23)15-13-18-22(29(4,25)26)17-12-9-8-11-16-21(24)27-6-2/h20H,5-12,14,16-18H2,1-4H3/t20-/m1/s1. The van der Waals surface area contributed by atoms with Crippen molar-refractivity contribution >= 4 is 22.0 Å². The molecule has 1 atom stereocenters. The fraction of sp³-hybridized carbons (Fsp3) is 0.810. The first-order valence-corrected chi connectivity index (χ1v) is 12.3. The first kappa shape index (κ1) is 27.4. The highest BCUT2D eigenvalue weighted by Crippen LogP contribution is 2.09. The van der Waals surface area contributed by atoms with Crippen LogP contribution < -0.4 is 0 Å². The molecule has 0 saturated carbocycles. The summed E-state index contributed by atoms with van der Waals surface area (Å²) >= 11 is 0. The van der Waals surface area contributed by atoms with Crippen LogP contribution in [0.1, 0.15) is 78.6 Å². The summed E-state index contributed by atoms with van der Waals surface area (Å²) in [5.74, 6) is 5.18. The van der Waals surface area contributed by atoms with Gasteiger partial charge in [-0.1, -0.05) is 44.4 Å². The van der Waals surface area contributed by atoms with E-state index >= 15 is 0 Å². The largest absolute Gasteiger partial charge is 0.466 e. The van der Waals surface area contributed by atoms with E-state index in [1.165, 1.54) is 17.5 Å². The lowest BCUT2D eigenvalue weighted by Gasteiger charge is -2.17. The molecule has 0 heterocycles. The minimum absolute atomic E-state index is 0.0766. The fourth-order valence-corrected chi connectivity index (χ4v) is 3.45. The van der Waals surface area contributed by atoms with E-state index in [-0.39, 0.29) is 18.5 Å². The quantitative estimate of drug-likeness (QED) is 0.225. The molecule has 0 aliphatic carbocycles. The zero-order valence-corrected chi connectivity index (χ0v) is 19.2. The second-order valence-corrected chi connectivity index (χ2v) is 8.96. The molecule has 0 spiro atoms. The Morgan fingerprint density at radius 3 is 2.31 bits per heavy atom. The molecule has 8 heteroatoms. The molecule has 0 radical (unpaired) electrons. The number of nitrogens with zero attached hydrogens (tertiary/aromatic N) is 1. The van der Waals surface area contributed by atoms with Gasteiger partial charge in [0.1, 0.15) is 0 Å². The van der Waals surface area contributed by atoms with Crippen LogP contribution in [0.3, 0.4) is 0 Å². The molecule has 7 nitrogen and oxygen atoms in total. The van der Waals surface area contributed by atoms with Crippen molar-refractivity contribution in [1.82, 2.24) is 4.31 Å². The first-order chi connectivity index (χ1) is 13.7. The van der Waals surface area contributed by atoms with Gasteiger partial charge in [0.25, 0.3) is 0 Å². The third-order valence-corrected chi connectivity index (χ3v) is 5.46. The van der Waals surface area contributed by atoms with Crippen LogP contribution in [0.2, 0.25) is 0 Å². The van der Waals surface area contributed by atoms with Crippen molar-refractivity contribution in [2.24, 2.45) is 0 Å². The normalized spacial score (nSPS) is 12.2. The molecule has 0 aliphatic heterocycles. The highest BCUT2D eigenvalue weighted by molar-refractivity contribution is 7.88. The van der Waals surface area contributed by atoms with Gasteiger partial charge in [0, 0.05) is 19.9 Å². The number of hydrogen-bond donors (Lipinski definition) is 0. The summed E-state index contributed by atoms with van der Waals surface area (Å²) < 4.78 is 35.4. The molecule has 0 aliphatic rings. The van der Waals surface area contributed by atoms with Crippen LogP contribution in [0.15, 0.2) is 0 Å². The second-order valence-electron chi connectivity index (χ2n) is 6.98. The van der Waals surface area contributed by atoms with Gasteiger partial charge < -0.3 is 9.47 Å². The van der Waals surface area contributed by atoms with Crippen LogP contribution in [-0.2, 0) is 29.1 Å². The molecule has 0 aromatic carbocycles. The first-order valence-electron chi connectivity index (χ1n) is 10.5. The molecule has 0 bridgehead atoms. The van der Waals surface area contributed by atoms with Gasteiger partial charge in [-0.05, 0) is 32.6 Å². The van der Waals surface area contributed by atoms with Crippen molar-refractivity contribution < 1.29 is 27.5 Å². The average molecular weight is 432 g/mol. The molecule has 0 rings (SSSR count). The van der Waals surface area contributed by atoms with Crippen molar-refractivity contribution in [3.8, 4) is 11.8 Å². The smallest absolute Gasteiger partial charge is 0.305 e. The lowest BCUT2D eigenvalue weighted by molar-refractivity contribution is -0.144. The average Bonchev–Trinajstić information content (AvgIpc) is 2.61. The van der Waals surface area contributed by atoms with Gasteiger partial charge in [0.15, 0.2) is 6.10 Å². The fourth-order valence-electron chi connectivity index (χ4n) is 2.69. The van der Waals surface area contributed by atoms with Crippen LogP contribution in [-0.4, -0.2) is 56.7 Å². The molecule has 0 fully saturated rings. The predicted molar refractivity (Wildman–Crippen MR) is 114 cm³/mol. The lowest BCUT2D eigenvalue weighted by atomic mass is 10.1. The Kier molecular flexibility index (Phi) is 15.3. The van der Waals surface area contributed by atoms with Gasteiger partial charge >= 0.3 is 11.9 Å². The van der Waals surface area contributed by atoms with E-state index < -0.39 is 16.1 Å². The van der Waals surface area contributed by atoms with E-state index in [0.29, 0.717) is 32.4 Å². The Hall–Kier alpha value is -1.59. The minimum atomic E-state index is -3.37. The third-order valence-electron chi connectivity index (χ3n) is 4.21. The van der Waals surface area contributed by atoms with Crippen molar-refractivity contribution in [3.63, 3.8) is 0 Å². The van der Waals surface area contributed by atoms with Gasteiger partial charge in [-0.15, -0.1) is 0 Å². The van der Waals surface area contributed by atoms with E-state index in [0.717, 1.165) is 38.5 Å². The number of carbonyl (C=O) groups excluding carboxylic acids is 2. The van der Waals surface area contributed by atoms with Crippen LogP contribution in [0, 0.1) is 11.8 Å². The van der Waals surface area contributed by atoms with E-state index in [1.54, 1.807) is 6.92 Å². The van der Waals surface area contributed by atoms with Crippen LogP contribution >= 0.6 is 0 Å². The molecule has 0 amide bonds. The van der Waals surface area contributed by atoms with Gasteiger partial charge in [0.05, 0.1) is 19.4 Å². The summed E-state index contributed by atoms with van der Waals surface area (Å²) in [6.45, 7) is 6.06. The molecule has 0 unspecified atom stereocenters. The maximum atomic E-state index is 12.0. The maximum Gasteiger partial charge on any atom is 0.305 e. The van der Waals surface area contributed by atoms with E-state index in [4.69, 9.17) is 9.47 Å². The van der Waals surface area contributed by atoms with E-state index in [9.17, 15) is 18.0 Å². The van der Waals surface area contributed by atoms with Gasteiger partial charge in [-0.25, -0.2) is 8.42 Å². The number of sulfonamides is 1. The topological polar surface area (TPSA) is 90.0 Å². The summed E-state index contributed by atoms with van der Waals surface area (Å²) in [4.78, 5) is 22.5. The Balaban J connectivity index is 4.49. The van der Waals surface area contributed by atoms with E-state index in [2.05, 4.69) is 18.8 Å². The number of rotatable bonds is 15. The molecular weight excluding hydrogens is 394 g/mol. The monoisotopic (exact) mass is 431 g/mol. The zero-order valence-electron chi connectivity index (χ0n) is 18.4. The van der Waals surface area contributed by atoms with Crippen LogP contribution in [0.4, 0.5) is 0 Å². The summed E-state index contributed by atoms with van der Waals surface area (Å²) in [7, 11) is -3.37. The third kappa shape index (κ3) is 16.0. The molecule has 0 aromatic rings. The summed E-state index contributed by atoms with van der Waals surface area (Å²) in [5.41, 5.74) is 0. The number of hydrogen-bond acceptors (Lipinski definition) is 6. The summed E-state index contributed by atoms with van der Waals surface area (Å²) in [5, 5.41) is 0. The molecule has 0 saturated heterocycles. The van der Waals surface area contributed by atoms with Gasteiger partial charge in [0.2, 0.25) is 10.0 Å².